The van der Waals surface area contributed by atoms with Crippen molar-refractivity contribution in [2.24, 2.45) is 0 Å². The molecule has 0 bridgehead atoms. The summed E-state index contributed by atoms with van der Waals surface area (Å²) in [5.74, 6) is 1.15. The predicted molar refractivity (Wildman–Crippen MR) is 119 cm³/mol. The second-order valence-corrected chi connectivity index (χ2v) is 7.90. The number of halogens is 2. The Labute approximate surface area is 183 Å². The number of methoxy groups -OCH3 is 2. The van der Waals surface area contributed by atoms with Crippen molar-refractivity contribution in [3.05, 3.63) is 69.1 Å². The third-order valence-electron chi connectivity index (χ3n) is 4.50. The minimum Gasteiger partial charge on any atom is -0.497 e. The van der Waals surface area contributed by atoms with Crippen LogP contribution in [0.3, 0.4) is 0 Å². The van der Waals surface area contributed by atoms with E-state index in [2.05, 4.69) is 36.8 Å². The van der Waals surface area contributed by atoms with Crippen LogP contribution < -0.4 is 14.2 Å². The lowest BCUT2D eigenvalue weighted by Crippen LogP contribution is -2.11. The molecule has 0 spiro atoms. The molecule has 1 heterocycles. The van der Waals surface area contributed by atoms with E-state index in [1.54, 1.807) is 26.4 Å². The third-order valence-corrected chi connectivity index (χ3v) is 5.75. The Bertz CT molecular complexity index is 1170. The molecule has 0 aliphatic rings. The second-order valence-electron chi connectivity index (χ2n) is 6.19. The number of para-hydroxylation sites is 1. The number of pyridine rings is 1. The van der Waals surface area contributed by atoms with Crippen LogP contribution in [0.2, 0.25) is 0 Å². The summed E-state index contributed by atoms with van der Waals surface area (Å²) in [6.45, 7) is 0. The molecular formula is C22H15Br2NO4. The van der Waals surface area contributed by atoms with Gasteiger partial charge < -0.3 is 14.2 Å². The van der Waals surface area contributed by atoms with E-state index < -0.39 is 5.97 Å². The van der Waals surface area contributed by atoms with Crippen molar-refractivity contribution in [2.45, 2.75) is 0 Å². The lowest BCUT2D eigenvalue weighted by Gasteiger charge is -2.14. The zero-order valence-corrected chi connectivity index (χ0v) is 18.7. The van der Waals surface area contributed by atoms with E-state index in [9.17, 15) is 4.79 Å². The highest BCUT2D eigenvalue weighted by Gasteiger charge is 2.21. The first kappa shape index (κ1) is 19.7. The molecule has 5 nitrogen and oxygen atoms in total. The molecule has 7 heteroatoms. The zero-order valence-electron chi connectivity index (χ0n) is 15.5. The molecule has 4 rings (SSSR count). The summed E-state index contributed by atoms with van der Waals surface area (Å²) in [7, 11) is 3.16. The molecule has 0 saturated carbocycles. The first-order chi connectivity index (χ1) is 14.0. The summed E-state index contributed by atoms with van der Waals surface area (Å²) >= 11 is 6.87. The molecular weight excluding hydrogens is 502 g/mol. The van der Waals surface area contributed by atoms with Gasteiger partial charge in [-0.15, -0.1) is 0 Å². The Morgan fingerprint density at radius 1 is 0.828 bits per heavy atom. The number of carbonyl (C=O) groups excluding carboxylic acids is 1. The van der Waals surface area contributed by atoms with Crippen LogP contribution in [0.5, 0.6) is 17.2 Å². The number of esters is 1. The second kappa shape index (κ2) is 8.00. The Kier molecular flexibility index (Phi) is 5.43. The van der Waals surface area contributed by atoms with Crippen LogP contribution >= 0.6 is 31.9 Å². The highest BCUT2D eigenvalue weighted by atomic mass is 79.9. The summed E-state index contributed by atoms with van der Waals surface area (Å²) in [6.07, 6.45) is 0. The van der Waals surface area contributed by atoms with Crippen LogP contribution in [-0.2, 0) is 0 Å². The molecule has 0 fully saturated rings. The fourth-order valence-corrected chi connectivity index (χ4v) is 4.26. The molecule has 29 heavy (non-hydrogen) atoms. The van der Waals surface area contributed by atoms with E-state index in [4.69, 9.17) is 14.2 Å². The van der Waals surface area contributed by atoms with Crippen LogP contribution in [0.15, 0.2) is 63.5 Å². The topological polar surface area (TPSA) is 57.7 Å². The number of fused-ring (bicyclic) bond motifs is 2. The fourth-order valence-electron chi connectivity index (χ4n) is 3.10. The van der Waals surface area contributed by atoms with Crippen molar-refractivity contribution < 1.29 is 19.0 Å². The maximum absolute atomic E-state index is 13.4. The molecule has 4 aromatic rings. The first-order valence-electron chi connectivity index (χ1n) is 8.63. The van der Waals surface area contributed by atoms with Gasteiger partial charge in [0.25, 0.3) is 0 Å². The van der Waals surface area contributed by atoms with Gasteiger partial charge in [-0.25, -0.2) is 9.78 Å². The van der Waals surface area contributed by atoms with Crippen molar-refractivity contribution in [1.82, 2.24) is 4.98 Å². The number of rotatable bonds is 4. The van der Waals surface area contributed by atoms with Gasteiger partial charge in [-0.1, -0.05) is 6.07 Å². The number of hydrogen-bond acceptors (Lipinski definition) is 5. The SMILES string of the molecule is COc1ccc2nc3ccc(OC)cc3c(C(=O)Oc3c(Br)cccc3Br)c2c1. The summed E-state index contributed by atoms with van der Waals surface area (Å²) in [4.78, 5) is 18.0. The number of hydrogen-bond donors (Lipinski definition) is 0. The molecule has 0 amide bonds. The summed E-state index contributed by atoms with van der Waals surface area (Å²) in [5.41, 5.74) is 1.73. The normalized spacial score (nSPS) is 10.9. The van der Waals surface area contributed by atoms with Crippen LogP contribution in [-0.4, -0.2) is 25.2 Å². The molecule has 0 aliphatic heterocycles. The van der Waals surface area contributed by atoms with Gasteiger partial charge in [0.1, 0.15) is 11.5 Å². The number of ether oxygens (including phenoxy) is 3. The Morgan fingerprint density at radius 3 is 1.83 bits per heavy atom. The van der Waals surface area contributed by atoms with Crippen molar-refractivity contribution in [3.63, 3.8) is 0 Å². The molecule has 0 radical (unpaired) electrons. The van der Waals surface area contributed by atoms with Crippen molar-refractivity contribution in [3.8, 4) is 17.2 Å². The minimum atomic E-state index is -0.503. The number of aromatic nitrogens is 1. The third kappa shape index (κ3) is 3.68. The van der Waals surface area contributed by atoms with E-state index in [1.807, 2.05) is 42.5 Å². The van der Waals surface area contributed by atoms with Crippen LogP contribution in [0.4, 0.5) is 0 Å². The maximum atomic E-state index is 13.4. The van der Waals surface area contributed by atoms with Gasteiger partial charge in [-0.05, 0) is 80.4 Å². The van der Waals surface area contributed by atoms with E-state index in [-0.39, 0.29) is 0 Å². The Balaban J connectivity index is 1.98. The van der Waals surface area contributed by atoms with Crippen LogP contribution in [0.1, 0.15) is 10.4 Å². The van der Waals surface area contributed by atoms with Gasteiger partial charge in [0.05, 0.1) is 39.8 Å². The average molecular weight is 517 g/mol. The standard InChI is InChI=1S/C22H15Br2NO4/c1-27-12-6-8-18-14(10-12)20(15-11-13(28-2)7-9-19(15)25-18)22(26)29-21-16(23)4-3-5-17(21)24/h3-11H,1-2H3. The van der Waals surface area contributed by atoms with Crippen molar-refractivity contribution in [2.75, 3.05) is 14.2 Å². The minimum absolute atomic E-state index is 0.394. The quantitative estimate of drug-likeness (QED) is 0.185. The molecule has 0 unspecified atom stereocenters. The molecule has 0 saturated heterocycles. The smallest absolute Gasteiger partial charge is 0.344 e. The Morgan fingerprint density at radius 2 is 1.34 bits per heavy atom. The van der Waals surface area contributed by atoms with Crippen LogP contribution in [0, 0.1) is 0 Å². The lowest BCUT2D eigenvalue weighted by molar-refractivity contribution is 0.0736. The van der Waals surface area contributed by atoms with Crippen LogP contribution in [0.25, 0.3) is 21.8 Å². The number of benzene rings is 3. The monoisotopic (exact) mass is 515 g/mol. The zero-order chi connectivity index (χ0) is 20.5. The predicted octanol–water partition coefficient (Wildman–Crippen LogP) is 6.15. The molecule has 0 aliphatic carbocycles. The average Bonchev–Trinajstić information content (AvgIpc) is 2.73. The number of carbonyl (C=O) groups is 1. The molecule has 0 N–H and O–H groups in total. The molecule has 146 valence electrons. The van der Waals surface area contributed by atoms with Gasteiger partial charge in [-0.2, -0.15) is 0 Å². The van der Waals surface area contributed by atoms with Gasteiger partial charge in [0.15, 0.2) is 5.75 Å². The summed E-state index contributed by atoms with van der Waals surface area (Å²) in [5, 5.41) is 1.27. The highest BCUT2D eigenvalue weighted by Crippen LogP contribution is 2.36. The Hall–Kier alpha value is -2.64. The van der Waals surface area contributed by atoms with Crippen molar-refractivity contribution in [1.29, 1.82) is 0 Å². The van der Waals surface area contributed by atoms with Gasteiger partial charge in [0.2, 0.25) is 0 Å². The van der Waals surface area contributed by atoms with E-state index in [1.165, 1.54) is 0 Å². The summed E-state index contributed by atoms with van der Waals surface area (Å²) < 4.78 is 17.8. The van der Waals surface area contributed by atoms with E-state index in [0.29, 0.717) is 53.6 Å². The van der Waals surface area contributed by atoms with Crippen molar-refractivity contribution >= 4 is 59.6 Å². The summed E-state index contributed by atoms with van der Waals surface area (Å²) in [6, 6.07) is 16.3. The van der Waals surface area contributed by atoms with Gasteiger partial charge in [0, 0.05) is 10.8 Å². The van der Waals surface area contributed by atoms with Gasteiger partial charge in [-0.3, -0.25) is 0 Å². The highest BCUT2D eigenvalue weighted by molar-refractivity contribution is 9.11. The molecule has 0 atom stereocenters. The largest absolute Gasteiger partial charge is 0.497 e. The van der Waals surface area contributed by atoms with Gasteiger partial charge >= 0.3 is 5.97 Å². The van der Waals surface area contributed by atoms with E-state index in [0.717, 1.165) is 0 Å². The maximum Gasteiger partial charge on any atom is 0.344 e. The molecule has 1 aromatic heterocycles. The lowest BCUT2D eigenvalue weighted by atomic mass is 10.0. The first-order valence-corrected chi connectivity index (χ1v) is 10.2. The fraction of sp³-hybridized carbons (Fsp3) is 0.0909. The number of nitrogens with zero attached hydrogens (tertiary/aromatic N) is 1. The van der Waals surface area contributed by atoms with E-state index >= 15 is 0 Å². The molecule has 3 aromatic carbocycles.